The first-order valence-corrected chi connectivity index (χ1v) is 11.2. The number of nitro groups is 2. The normalized spacial score (nSPS) is 11.6. The van der Waals surface area contributed by atoms with Crippen molar-refractivity contribution in [2.75, 3.05) is 13.1 Å². The Labute approximate surface area is 210 Å². The molecule has 0 atom stereocenters. The van der Waals surface area contributed by atoms with Crippen molar-refractivity contribution in [3.8, 4) is 0 Å². The van der Waals surface area contributed by atoms with Crippen LogP contribution in [-0.4, -0.2) is 45.0 Å². The molecule has 0 saturated carbocycles. The van der Waals surface area contributed by atoms with Crippen LogP contribution in [0.4, 0.5) is 0 Å². The Hall–Kier alpha value is -3.78. The van der Waals surface area contributed by atoms with Crippen LogP contribution in [0, 0.1) is 20.2 Å². The lowest BCUT2D eigenvalue weighted by Gasteiger charge is -2.11. The molecule has 2 heterocycles. The Kier molecular flexibility index (Phi) is 11.9. The molecule has 4 N–H and O–H groups in total. The third-order valence-electron chi connectivity index (χ3n) is 4.30. The van der Waals surface area contributed by atoms with Crippen molar-refractivity contribution >= 4 is 35.1 Å². The van der Waals surface area contributed by atoms with Crippen molar-refractivity contribution in [1.29, 1.82) is 0 Å². The van der Waals surface area contributed by atoms with Crippen molar-refractivity contribution in [2.45, 2.75) is 32.4 Å². The number of hydrogen-bond acceptors (Lipinski definition) is 6. The molecule has 0 unspecified atom stereocenters. The van der Waals surface area contributed by atoms with Gasteiger partial charge in [0.1, 0.15) is 20.5 Å². The summed E-state index contributed by atoms with van der Waals surface area (Å²) in [5.41, 5.74) is 1.57. The topological polar surface area (TPSA) is 185 Å². The zero-order valence-corrected chi connectivity index (χ0v) is 20.0. The Bertz CT molecular complexity index is 938. The molecular formula is C19H24Cl2N10O4. The molecule has 0 fully saturated rings. The number of hydrazone groups is 2. The Morgan fingerprint density at radius 3 is 1.51 bits per heavy atom. The van der Waals surface area contributed by atoms with Crippen LogP contribution in [0.1, 0.15) is 30.4 Å². The standard InChI is InChI=1S/C19H24Cl2N10O4/c20-16-6-4-14(10-24-16)12-26-18(28-30(32)33)22-8-2-1-3-9-23-19(29-31(34)35)27-13-15-5-7-17(21)25-11-15/h4-7,10-11H,1-3,8-9,12-13H2,(H2,22,26,28)(H2,23,27,29). The molecule has 14 nitrogen and oxygen atoms in total. The van der Waals surface area contributed by atoms with Crippen molar-refractivity contribution in [2.24, 2.45) is 10.2 Å². The maximum atomic E-state index is 10.8. The number of nitrogens with zero attached hydrogens (tertiary/aromatic N) is 6. The highest BCUT2D eigenvalue weighted by molar-refractivity contribution is 6.29. The first-order chi connectivity index (χ1) is 16.8. The molecule has 0 aliphatic rings. The van der Waals surface area contributed by atoms with Gasteiger partial charge in [-0.1, -0.05) is 35.3 Å². The van der Waals surface area contributed by atoms with Crippen LogP contribution in [0.15, 0.2) is 46.9 Å². The zero-order chi connectivity index (χ0) is 25.5. The lowest BCUT2D eigenvalue weighted by atomic mass is 10.2. The van der Waals surface area contributed by atoms with Gasteiger partial charge in [0.05, 0.1) is 0 Å². The summed E-state index contributed by atoms with van der Waals surface area (Å²) in [6, 6.07) is 6.74. The van der Waals surface area contributed by atoms with Crippen LogP contribution in [-0.2, 0) is 13.1 Å². The van der Waals surface area contributed by atoms with Gasteiger partial charge in [0.2, 0.25) is 0 Å². The summed E-state index contributed by atoms with van der Waals surface area (Å²) in [5.74, 6) is 0.0636. The van der Waals surface area contributed by atoms with E-state index < -0.39 is 10.1 Å². The maximum Gasteiger partial charge on any atom is 0.269 e. The molecule has 188 valence electrons. The molecular weight excluding hydrogens is 503 g/mol. The number of guanidine groups is 2. The van der Waals surface area contributed by atoms with E-state index >= 15 is 0 Å². The summed E-state index contributed by atoms with van der Waals surface area (Å²) in [6.45, 7) is 1.45. The van der Waals surface area contributed by atoms with Crippen LogP contribution < -0.4 is 21.3 Å². The van der Waals surface area contributed by atoms with Gasteiger partial charge in [0.15, 0.2) is 10.1 Å². The number of aromatic nitrogens is 2. The van der Waals surface area contributed by atoms with Crippen molar-refractivity contribution in [3.63, 3.8) is 0 Å². The number of halogens is 2. The molecule has 0 amide bonds. The average molecular weight is 527 g/mol. The van der Waals surface area contributed by atoms with Gasteiger partial charge in [0, 0.05) is 38.6 Å². The molecule has 0 aliphatic carbocycles. The SMILES string of the molecule is O=[N+]([O-])N=C(NCCCCCNC(=N[N+](=O)[O-])NCc1ccc(Cl)nc1)NCc1ccc(Cl)nc1. The molecule has 16 heteroatoms. The summed E-state index contributed by atoms with van der Waals surface area (Å²) in [5, 5.41) is 38.8. The van der Waals surface area contributed by atoms with E-state index in [2.05, 4.69) is 41.4 Å². The number of unbranched alkanes of at least 4 members (excludes halogenated alkanes) is 2. The summed E-state index contributed by atoms with van der Waals surface area (Å²) in [4.78, 5) is 29.4. The summed E-state index contributed by atoms with van der Waals surface area (Å²) < 4.78 is 0. The third kappa shape index (κ3) is 12.3. The predicted molar refractivity (Wildman–Crippen MR) is 131 cm³/mol. The van der Waals surface area contributed by atoms with Crippen LogP contribution in [0.25, 0.3) is 0 Å². The van der Waals surface area contributed by atoms with Crippen molar-refractivity contribution in [3.05, 3.63) is 78.3 Å². The summed E-state index contributed by atoms with van der Waals surface area (Å²) in [7, 11) is 0. The Morgan fingerprint density at radius 1 is 0.743 bits per heavy atom. The van der Waals surface area contributed by atoms with E-state index in [1.165, 1.54) is 0 Å². The van der Waals surface area contributed by atoms with Gasteiger partial charge in [-0.3, -0.25) is 0 Å². The minimum absolute atomic E-state index is 0.0318. The van der Waals surface area contributed by atoms with E-state index in [4.69, 9.17) is 23.2 Å². The van der Waals surface area contributed by atoms with E-state index in [0.717, 1.165) is 17.5 Å². The molecule has 0 radical (unpaired) electrons. The molecule has 0 aromatic carbocycles. The van der Waals surface area contributed by atoms with Gasteiger partial charge in [-0.05, 0) is 42.5 Å². The van der Waals surface area contributed by atoms with E-state index in [1.807, 2.05) is 0 Å². The monoisotopic (exact) mass is 526 g/mol. The van der Waals surface area contributed by atoms with Crippen molar-refractivity contribution < 1.29 is 10.1 Å². The quantitative estimate of drug-likeness (QED) is 0.0796. The van der Waals surface area contributed by atoms with Gasteiger partial charge >= 0.3 is 0 Å². The van der Waals surface area contributed by atoms with E-state index in [0.29, 0.717) is 36.2 Å². The summed E-state index contributed by atoms with van der Waals surface area (Å²) in [6.07, 6.45) is 5.25. The highest BCUT2D eigenvalue weighted by atomic mass is 35.5. The van der Waals surface area contributed by atoms with Crippen molar-refractivity contribution in [1.82, 2.24) is 31.2 Å². The fourth-order valence-corrected chi connectivity index (χ4v) is 2.89. The third-order valence-corrected chi connectivity index (χ3v) is 4.75. The fraction of sp³-hybridized carbons (Fsp3) is 0.368. The van der Waals surface area contributed by atoms with Gasteiger partial charge in [-0.25, -0.2) is 30.2 Å². The van der Waals surface area contributed by atoms with Crippen LogP contribution in [0.3, 0.4) is 0 Å². The lowest BCUT2D eigenvalue weighted by Crippen LogP contribution is -2.38. The predicted octanol–water partition coefficient (Wildman–Crippen LogP) is 2.11. The second-order valence-electron chi connectivity index (χ2n) is 6.97. The highest BCUT2D eigenvalue weighted by Gasteiger charge is 2.07. The van der Waals surface area contributed by atoms with Crippen LogP contribution in [0.2, 0.25) is 10.3 Å². The van der Waals surface area contributed by atoms with E-state index in [1.54, 1.807) is 36.7 Å². The minimum atomic E-state index is -0.789. The minimum Gasteiger partial charge on any atom is -0.351 e. The van der Waals surface area contributed by atoms with Crippen LogP contribution in [0.5, 0.6) is 0 Å². The maximum absolute atomic E-state index is 10.8. The van der Waals surface area contributed by atoms with E-state index in [-0.39, 0.29) is 25.0 Å². The lowest BCUT2D eigenvalue weighted by molar-refractivity contribution is -0.485. The second-order valence-corrected chi connectivity index (χ2v) is 7.75. The number of pyridine rings is 2. The average Bonchev–Trinajstić information content (AvgIpc) is 2.81. The summed E-state index contributed by atoms with van der Waals surface area (Å²) >= 11 is 11.5. The Balaban J connectivity index is 1.68. The first kappa shape index (κ1) is 27.5. The first-order valence-electron chi connectivity index (χ1n) is 10.4. The number of nitrogens with one attached hydrogen (secondary N) is 4. The second kappa shape index (κ2) is 15.2. The van der Waals surface area contributed by atoms with Gasteiger partial charge in [0.25, 0.3) is 11.9 Å². The molecule has 0 bridgehead atoms. The van der Waals surface area contributed by atoms with Gasteiger partial charge in [-0.15, -0.1) is 0 Å². The molecule has 35 heavy (non-hydrogen) atoms. The fourth-order valence-electron chi connectivity index (χ4n) is 2.66. The van der Waals surface area contributed by atoms with E-state index in [9.17, 15) is 20.2 Å². The number of rotatable bonds is 12. The molecule has 0 spiro atoms. The molecule has 0 aliphatic heterocycles. The molecule has 2 aromatic rings. The largest absolute Gasteiger partial charge is 0.351 e. The zero-order valence-electron chi connectivity index (χ0n) is 18.5. The highest BCUT2D eigenvalue weighted by Crippen LogP contribution is 2.05. The van der Waals surface area contributed by atoms with Crippen LogP contribution >= 0.6 is 23.2 Å². The van der Waals surface area contributed by atoms with Gasteiger partial charge < -0.3 is 21.3 Å². The number of hydrogen-bond donors (Lipinski definition) is 4. The smallest absolute Gasteiger partial charge is 0.269 e. The van der Waals surface area contributed by atoms with Gasteiger partial charge in [-0.2, -0.15) is 0 Å². The Morgan fingerprint density at radius 2 is 1.17 bits per heavy atom. The molecule has 2 aromatic heterocycles. The molecule has 0 saturated heterocycles. The molecule has 2 rings (SSSR count).